The molecule has 0 bridgehead atoms. The maximum atomic E-state index is 13.7. The summed E-state index contributed by atoms with van der Waals surface area (Å²) in [6.07, 6.45) is 3.63. The van der Waals surface area contributed by atoms with E-state index in [-0.39, 0.29) is 22.7 Å². The molecule has 4 atom stereocenters. The van der Waals surface area contributed by atoms with Gasteiger partial charge in [-0.3, -0.25) is 4.79 Å². The van der Waals surface area contributed by atoms with Crippen LogP contribution in [-0.2, 0) is 12.8 Å². The van der Waals surface area contributed by atoms with Crippen LogP contribution in [0.2, 0.25) is 5.15 Å². The fourth-order valence-corrected chi connectivity index (χ4v) is 6.49. The number of benzene rings is 2. The lowest BCUT2D eigenvalue weighted by atomic mass is 9.88. The number of anilines is 1. The molecule has 0 radical (unpaired) electrons. The smallest absolute Gasteiger partial charge is 0.251 e. The number of hydrogen-bond donors (Lipinski definition) is 3. The third-order valence-corrected chi connectivity index (χ3v) is 8.81. The van der Waals surface area contributed by atoms with Gasteiger partial charge in [-0.25, -0.2) is 4.98 Å². The number of pyridine rings is 1. The van der Waals surface area contributed by atoms with Crippen molar-refractivity contribution >= 4 is 23.3 Å². The molecular weight excluding hydrogens is 560 g/mol. The summed E-state index contributed by atoms with van der Waals surface area (Å²) in [5.41, 5.74) is 3.50. The van der Waals surface area contributed by atoms with E-state index in [1.165, 1.54) is 12.0 Å². The Morgan fingerprint density at radius 3 is 2.70 bits per heavy atom. The Morgan fingerprint density at radius 1 is 1.16 bits per heavy atom. The van der Waals surface area contributed by atoms with Gasteiger partial charge in [-0.2, -0.15) is 0 Å². The molecule has 0 aliphatic carbocycles. The number of carbonyl (C=O) groups is 1. The van der Waals surface area contributed by atoms with Gasteiger partial charge in [0.05, 0.1) is 12.1 Å². The number of hydrogen-bond acceptors (Lipinski definition) is 6. The molecule has 5 rings (SSSR count). The number of aryl methyl sites for hydroxylation is 1. The normalized spacial score (nSPS) is 20.9. The van der Waals surface area contributed by atoms with Crippen LogP contribution in [0.15, 0.2) is 60.7 Å². The van der Waals surface area contributed by atoms with Crippen molar-refractivity contribution in [2.24, 2.45) is 5.92 Å². The third kappa shape index (κ3) is 8.08. The van der Waals surface area contributed by atoms with E-state index in [0.29, 0.717) is 24.4 Å². The Morgan fingerprint density at radius 2 is 1.95 bits per heavy atom. The predicted molar refractivity (Wildman–Crippen MR) is 173 cm³/mol. The number of aromatic nitrogens is 1. The zero-order chi connectivity index (χ0) is 30.6. The van der Waals surface area contributed by atoms with Crippen LogP contribution in [0.1, 0.15) is 80.0 Å². The number of halogens is 1. The van der Waals surface area contributed by atoms with Crippen LogP contribution in [0.5, 0.6) is 5.75 Å². The molecule has 3 aromatic rings. The van der Waals surface area contributed by atoms with Crippen molar-refractivity contribution < 1.29 is 14.6 Å². The highest BCUT2D eigenvalue weighted by molar-refractivity contribution is 6.30. The van der Waals surface area contributed by atoms with Crippen molar-refractivity contribution in [3.8, 4) is 5.75 Å². The molecule has 3 heterocycles. The van der Waals surface area contributed by atoms with E-state index < -0.39 is 12.1 Å². The first-order valence-electron chi connectivity index (χ1n) is 15.6. The standard InChI is InChI=1S/C35H45ClN4O3/c1-5-24-13-14-31-27(16-24)29(20-35(3,4)43-31)37-21-30(41)28(17-25-11-7-6-8-12-25)38-34(42)26-18-32(36)39-33(19-26)40-15-9-10-23(2)22-40/h6-8,11-14,16,18-19,23,28-30,37,41H,5,9-10,15,17,20-22H2,1-4H3,(H,38,42)/t23-,28-,29-,30+/m0/s1. The van der Waals surface area contributed by atoms with E-state index in [4.69, 9.17) is 16.3 Å². The Kier molecular flexibility index (Phi) is 9.95. The molecule has 8 heteroatoms. The van der Waals surface area contributed by atoms with Crippen LogP contribution in [-0.4, -0.2) is 53.4 Å². The zero-order valence-corrected chi connectivity index (χ0v) is 26.5. The molecule has 2 aliphatic heterocycles. The first-order chi connectivity index (χ1) is 20.6. The maximum absolute atomic E-state index is 13.7. The number of rotatable bonds is 10. The number of carbonyl (C=O) groups excluding carboxylic acids is 1. The van der Waals surface area contributed by atoms with Crippen LogP contribution in [0.3, 0.4) is 0 Å². The Labute approximate surface area is 261 Å². The second kappa shape index (κ2) is 13.7. The number of nitrogens with zero attached hydrogens (tertiary/aromatic N) is 2. The lowest BCUT2D eigenvalue weighted by molar-refractivity contribution is 0.0582. The fourth-order valence-electron chi connectivity index (χ4n) is 6.29. The summed E-state index contributed by atoms with van der Waals surface area (Å²) in [4.78, 5) is 20.4. The molecule has 3 N–H and O–H groups in total. The van der Waals surface area contributed by atoms with E-state index in [9.17, 15) is 9.90 Å². The highest BCUT2D eigenvalue weighted by Crippen LogP contribution is 2.40. The van der Waals surface area contributed by atoms with Crippen LogP contribution in [0.4, 0.5) is 5.82 Å². The van der Waals surface area contributed by atoms with E-state index in [1.54, 1.807) is 6.07 Å². The van der Waals surface area contributed by atoms with Gasteiger partial charge in [-0.05, 0) is 74.8 Å². The maximum Gasteiger partial charge on any atom is 0.251 e. The number of fused-ring (bicyclic) bond motifs is 1. The lowest BCUT2D eigenvalue weighted by Crippen LogP contribution is -2.50. The molecular formula is C35H45ClN4O3. The van der Waals surface area contributed by atoms with Crippen molar-refractivity contribution in [3.63, 3.8) is 0 Å². The number of piperidine rings is 1. The predicted octanol–water partition coefficient (Wildman–Crippen LogP) is 6.13. The topological polar surface area (TPSA) is 86.7 Å². The van der Waals surface area contributed by atoms with E-state index in [2.05, 4.69) is 66.4 Å². The van der Waals surface area contributed by atoms with Crippen LogP contribution in [0.25, 0.3) is 0 Å². The minimum absolute atomic E-state index is 0.0153. The quantitative estimate of drug-likeness (QED) is 0.242. The van der Waals surface area contributed by atoms with Crippen LogP contribution in [0, 0.1) is 5.92 Å². The fraction of sp³-hybridized carbons (Fsp3) is 0.486. The van der Waals surface area contributed by atoms with Crippen molar-refractivity contribution in [1.29, 1.82) is 0 Å². The summed E-state index contributed by atoms with van der Waals surface area (Å²) < 4.78 is 6.27. The van der Waals surface area contributed by atoms with Gasteiger partial charge in [0.25, 0.3) is 5.91 Å². The minimum Gasteiger partial charge on any atom is -0.487 e. The molecule has 7 nitrogen and oxygen atoms in total. The Bertz CT molecular complexity index is 1400. The van der Waals surface area contributed by atoms with Crippen molar-refractivity contribution in [2.75, 3.05) is 24.5 Å². The van der Waals surface area contributed by atoms with Gasteiger partial charge in [0, 0.05) is 43.2 Å². The van der Waals surface area contributed by atoms with Gasteiger partial charge in [0.2, 0.25) is 0 Å². The third-order valence-electron chi connectivity index (χ3n) is 8.62. The van der Waals surface area contributed by atoms with E-state index in [0.717, 1.165) is 55.0 Å². The van der Waals surface area contributed by atoms with Gasteiger partial charge in [-0.1, -0.05) is 67.9 Å². The summed E-state index contributed by atoms with van der Waals surface area (Å²) in [5.74, 6) is 1.88. The minimum atomic E-state index is -0.840. The second-order valence-electron chi connectivity index (χ2n) is 12.8. The molecule has 230 valence electrons. The van der Waals surface area contributed by atoms with E-state index >= 15 is 0 Å². The molecule has 1 saturated heterocycles. The van der Waals surface area contributed by atoms with Crippen molar-refractivity contribution in [3.05, 3.63) is 88.1 Å². The average Bonchev–Trinajstić information content (AvgIpc) is 2.99. The average molecular weight is 605 g/mol. The molecule has 0 unspecified atom stereocenters. The summed E-state index contributed by atoms with van der Waals surface area (Å²) in [6.45, 7) is 10.6. The molecule has 0 saturated carbocycles. The van der Waals surface area contributed by atoms with Gasteiger partial charge in [-0.15, -0.1) is 0 Å². The van der Waals surface area contributed by atoms with Crippen molar-refractivity contribution in [1.82, 2.24) is 15.6 Å². The van der Waals surface area contributed by atoms with Gasteiger partial charge < -0.3 is 25.4 Å². The number of nitrogens with one attached hydrogen (secondary N) is 2. The number of aliphatic hydroxyl groups is 1. The molecule has 1 aromatic heterocycles. The summed E-state index contributed by atoms with van der Waals surface area (Å²) >= 11 is 6.41. The highest BCUT2D eigenvalue weighted by atomic mass is 35.5. The van der Waals surface area contributed by atoms with Gasteiger partial charge in [0.15, 0.2) is 0 Å². The highest BCUT2D eigenvalue weighted by Gasteiger charge is 2.34. The van der Waals surface area contributed by atoms with E-state index in [1.807, 2.05) is 36.4 Å². The number of amides is 1. The molecule has 2 aliphatic rings. The Balaban J connectivity index is 1.34. The van der Waals surface area contributed by atoms with Crippen LogP contribution < -0.4 is 20.3 Å². The second-order valence-corrected chi connectivity index (χ2v) is 13.2. The lowest BCUT2D eigenvalue weighted by Gasteiger charge is -2.39. The monoisotopic (exact) mass is 604 g/mol. The van der Waals surface area contributed by atoms with Gasteiger partial charge >= 0.3 is 0 Å². The summed E-state index contributed by atoms with van der Waals surface area (Å²) in [6, 6.07) is 19.2. The first kappa shape index (κ1) is 31.3. The van der Waals surface area contributed by atoms with Crippen molar-refractivity contribution in [2.45, 2.75) is 83.6 Å². The number of ether oxygens (including phenoxy) is 1. The molecule has 43 heavy (non-hydrogen) atoms. The summed E-state index contributed by atoms with van der Waals surface area (Å²) in [5, 5.41) is 18.6. The first-order valence-corrected chi connectivity index (χ1v) is 16.0. The SMILES string of the molecule is CCc1ccc2c(c1)[C@@H](NC[C@@H](O)[C@H](Cc1ccccc1)NC(=O)c1cc(Cl)nc(N3CCC[C@H](C)C3)c1)CC(C)(C)O2. The molecule has 0 spiro atoms. The van der Waals surface area contributed by atoms with Crippen LogP contribution >= 0.6 is 11.6 Å². The number of aliphatic hydroxyl groups excluding tert-OH is 1. The summed E-state index contributed by atoms with van der Waals surface area (Å²) in [7, 11) is 0. The molecule has 2 aromatic carbocycles. The zero-order valence-electron chi connectivity index (χ0n) is 25.8. The Hall–Kier alpha value is -3.13. The molecule has 1 amide bonds. The largest absolute Gasteiger partial charge is 0.487 e. The molecule has 1 fully saturated rings. The van der Waals surface area contributed by atoms with Gasteiger partial charge in [0.1, 0.15) is 22.3 Å².